The van der Waals surface area contributed by atoms with Crippen molar-refractivity contribution in [3.05, 3.63) is 153 Å². The lowest BCUT2D eigenvalue weighted by Crippen LogP contribution is -2.32. The van der Waals surface area contributed by atoms with Gasteiger partial charge < -0.3 is 14.6 Å². The number of benzene rings is 4. The number of Topliss-reactive ketones (excluding diaryl/α,β-unsaturated/α-hetero) is 1. The van der Waals surface area contributed by atoms with Crippen LogP contribution in [0.1, 0.15) is 61.1 Å². The third-order valence-electron chi connectivity index (χ3n) is 10.8. The zero-order chi connectivity index (χ0) is 39.1. The first kappa shape index (κ1) is 37.2. The summed E-state index contributed by atoms with van der Waals surface area (Å²) in [6.45, 7) is 12.3. The van der Waals surface area contributed by atoms with E-state index >= 15 is 0 Å². The van der Waals surface area contributed by atoms with Gasteiger partial charge in [0, 0.05) is 46.6 Å². The van der Waals surface area contributed by atoms with Crippen molar-refractivity contribution in [2.24, 2.45) is 0 Å². The Morgan fingerprint density at radius 2 is 1.33 bits per heavy atom. The van der Waals surface area contributed by atoms with Crippen LogP contribution in [0.4, 0.5) is 11.4 Å². The van der Waals surface area contributed by atoms with Crippen LogP contribution in [0.3, 0.4) is 0 Å². The van der Waals surface area contributed by atoms with E-state index in [1.807, 2.05) is 99.5 Å². The number of aryl methyl sites for hydroxylation is 2. The molecule has 2 aliphatic heterocycles. The summed E-state index contributed by atoms with van der Waals surface area (Å²) in [5.74, 6) is -0.622. The SMILES string of the molecule is Cc1ccc(CN2/C(=C/C3=C(O)C(=C/C4=[N+](Cc5ccc(C)cc5)c5ccc(S(=O)(=O)[O-])cc5C4(C)C)/C3=O)C(C)(C)c3cc(S(=O)(=O)O)ccc32)cc1. The number of hydrogen-bond donors (Lipinski definition) is 2. The Morgan fingerprint density at radius 1 is 0.759 bits per heavy atom. The van der Waals surface area contributed by atoms with Crippen LogP contribution in [0, 0.1) is 13.8 Å². The van der Waals surface area contributed by atoms with Crippen LogP contribution < -0.4 is 4.90 Å². The maximum Gasteiger partial charge on any atom is 0.294 e. The Morgan fingerprint density at radius 3 is 1.91 bits per heavy atom. The lowest BCUT2D eigenvalue weighted by molar-refractivity contribution is -0.455. The molecule has 10 nitrogen and oxygen atoms in total. The molecule has 2 N–H and O–H groups in total. The van der Waals surface area contributed by atoms with Crippen molar-refractivity contribution in [3.8, 4) is 0 Å². The van der Waals surface area contributed by atoms with Gasteiger partial charge in [-0.3, -0.25) is 9.35 Å². The number of ketones is 1. The summed E-state index contributed by atoms with van der Waals surface area (Å²) in [7, 11) is -9.23. The minimum atomic E-state index is -4.74. The van der Waals surface area contributed by atoms with Gasteiger partial charge in [-0.05, 0) is 75.2 Å². The fraction of sp³-hybridized carbons (Fsp3) is 0.238. The summed E-state index contributed by atoms with van der Waals surface area (Å²) in [6.07, 6.45) is 3.28. The summed E-state index contributed by atoms with van der Waals surface area (Å²) in [6, 6.07) is 24.6. The average Bonchev–Trinajstić information content (AvgIpc) is 3.44. The molecular formula is C42H40N2O8S2. The van der Waals surface area contributed by atoms with E-state index in [9.17, 15) is 35.8 Å². The van der Waals surface area contributed by atoms with Crippen LogP contribution in [0.5, 0.6) is 0 Å². The fourth-order valence-electron chi connectivity index (χ4n) is 7.62. The van der Waals surface area contributed by atoms with Gasteiger partial charge in [-0.25, -0.2) is 8.42 Å². The molecule has 7 rings (SSSR count). The summed E-state index contributed by atoms with van der Waals surface area (Å²) >= 11 is 0. The lowest BCUT2D eigenvalue weighted by atomic mass is 9.77. The highest BCUT2D eigenvalue weighted by molar-refractivity contribution is 7.86. The first-order valence-corrected chi connectivity index (χ1v) is 20.2. The summed E-state index contributed by atoms with van der Waals surface area (Å²) in [4.78, 5) is 15.5. The molecule has 4 aromatic carbocycles. The molecule has 0 atom stereocenters. The van der Waals surface area contributed by atoms with Crippen LogP contribution in [0.25, 0.3) is 0 Å². The number of nitrogens with zero attached hydrogens (tertiary/aromatic N) is 2. The molecule has 0 aromatic heterocycles. The summed E-state index contributed by atoms with van der Waals surface area (Å²) in [5.41, 5.74) is 6.43. The number of anilines is 1. The first-order chi connectivity index (χ1) is 25.2. The van der Waals surface area contributed by atoms with Crippen LogP contribution in [0.2, 0.25) is 0 Å². The minimum Gasteiger partial charge on any atom is -0.744 e. The van der Waals surface area contributed by atoms with Crippen molar-refractivity contribution in [3.63, 3.8) is 0 Å². The molecule has 54 heavy (non-hydrogen) atoms. The maximum absolute atomic E-state index is 14.1. The Balaban J connectivity index is 1.35. The summed E-state index contributed by atoms with van der Waals surface area (Å²) < 4.78 is 72.2. The second kappa shape index (κ2) is 12.7. The number of carbonyl (C=O) groups is 1. The molecule has 0 unspecified atom stereocenters. The Labute approximate surface area is 315 Å². The van der Waals surface area contributed by atoms with Gasteiger partial charge in [0.25, 0.3) is 10.1 Å². The maximum atomic E-state index is 14.1. The third-order valence-corrected chi connectivity index (χ3v) is 12.5. The summed E-state index contributed by atoms with van der Waals surface area (Å²) in [5, 5.41) is 11.6. The van der Waals surface area contributed by atoms with E-state index in [2.05, 4.69) is 0 Å². The van der Waals surface area contributed by atoms with Crippen LogP contribution in [-0.2, 0) is 49.0 Å². The normalized spacial score (nSPS) is 19.1. The molecule has 0 spiro atoms. The topological polar surface area (TPSA) is 155 Å². The number of aliphatic hydroxyl groups is 1. The second-order valence-electron chi connectivity index (χ2n) is 15.2. The van der Waals surface area contributed by atoms with E-state index in [4.69, 9.17) is 0 Å². The minimum absolute atomic E-state index is 0.0790. The molecule has 12 heteroatoms. The Bertz CT molecular complexity index is 2630. The molecule has 0 fully saturated rings. The van der Waals surface area contributed by atoms with E-state index in [1.54, 1.807) is 24.3 Å². The molecule has 0 saturated heterocycles. The van der Waals surface area contributed by atoms with Crippen molar-refractivity contribution in [2.45, 2.75) is 75.3 Å². The van der Waals surface area contributed by atoms with E-state index < -0.39 is 36.8 Å². The van der Waals surface area contributed by atoms with Crippen molar-refractivity contribution in [1.82, 2.24) is 0 Å². The van der Waals surface area contributed by atoms with E-state index in [0.717, 1.165) is 22.3 Å². The molecule has 4 aromatic rings. The van der Waals surface area contributed by atoms with Crippen LogP contribution >= 0.6 is 0 Å². The van der Waals surface area contributed by atoms with Gasteiger partial charge in [-0.15, -0.1) is 0 Å². The molecule has 0 radical (unpaired) electrons. The zero-order valence-electron chi connectivity index (χ0n) is 30.7. The van der Waals surface area contributed by atoms with E-state index in [0.29, 0.717) is 47.0 Å². The van der Waals surface area contributed by atoms with Gasteiger partial charge >= 0.3 is 0 Å². The second-order valence-corrected chi connectivity index (χ2v) is 18.0. The van der Waals surface area contributed by atoms with Crippen molar-refractivity contribution < 1.29 is 40.4 Å². The predicted octanol–water partition coefficient (Wildman–Crippen LogP) is 7.23. The molecule has 278 valence electrons. The van der Waals surface area contributed by atoms with Gasteiger partial charge in [0.1, 0.15) is 15.9 Å². The Kier molecular flexibility index (Phi) is 8.77. The van der Waals surface area contributed by atoms with Crippen molar-refractivity contribution in [1.29, 1.82) is 0 Å². The standard InChI is InChI=1S/C42H40N2O8S2/c1-25-7-11-27(12-8-25)23-43-35-17-15-29(53(47,48)49)19-33(35)41(3,4)37(43)21-31-39(45)32(40(31)46)22-38-42(5,6)34-20-30(54(50,51)52)16-18-36(34)44(38)24-28-13-9-26(2)10-14-28/h7-22H,23-24H2,1-6H3,(H2-,45,46,47,48,49,50,51,52). The number of fused-ring (bicyclic) bond motifs is 2. The largest absolute Gasteiger partial charge is 0.744 e. The first-order valence-electron chi connectivity index (χ1n) is 17.4. The van der Waals surface area contributed by atoms with E-state index in [-0.39, 0.29) is 26.7 Å². The number of allylic oxidation sites excluding steroid dienone is 5. The van der Waals surface area contributed by atoms with Crippen LogP contribution in [-0.4, -0.2) is 47.1 Å². The van der Waals surface area contributed by atoms with Gasteiger partial charge in [0.15, 0.2) is 12.3 Å². The third kappa shape index (κ3) is 6.32. The van der Waals surface area contributed by atoms with Crippen molar-refractivity contribution in [2.75, 3.05) is 4.90 Å². The lowest BCUT2D eigenvalue weighted by Gasteiger charge is -2.29. The zero-order valence-corrected chi connectivity index (χ0v) is 32.3. The Hall–Kier alpha value is -5.14. The molecular weight excluding hydrogens is 725 g/mol. The number of rotatable bonds is 8. The smallest absolute Gasteiger partial charge is 0.294 e. The highest BCUT2D eigenvalue weighted by atomic mass is 32.2. The monoisotopic (exact) mass is 764 g/mol. The van der Waals surface area contributed by atoms with Crippen molar-refractivity contribution >= 4 is 43.1 Å². The molecule has 3 aliphatic rings. The number of hydrogen-bond acceptors (Lipinski definition) is 8. The quantitative estimate of drug-likeness (QED) is 0.107. The molecule has 1 aliphatic carbocycles. The molecule has 0 saturated carbocycles. The number of aliphatic hydroxyl groups excluding tert-OH is 1. The molecule has 2 heterocycles. The average molecular weight is 765 g/mol. The fourth-order valence-corrected chi connectivity index (χ4v) is 8.63. The van der Waals surface area contributed by atoms with Gasteiger partial charge in [0.05, 0.1) is 26.4 Å². The number of carbonyl (C=O) groups excluding carboxylic acids is 1. The van der Waals surface area contributed by atoms with Gasteiger partial charge in [-0.2, -0.15) is 13.0 Å². The van der Waals surface area contributed by atoms with Gasteiger partial charge in [-0.1, -0.05) is 73.5 Å². The highest BCUT2D eigenvalue weighted by Gasteiger charge is 2.48. The predicted molar refractivity (Wildman–Crippen MR) is 205 cm³/mol. The highest BCUT2D eigenvalue weighted by Crippen LogP contribution is 2.50. The van der Waals surface area contributed by atoms with E-state index in [1.165, 1.54) is 24.3 Å². The molecule has 0 amide bonds. The van der Waals surface area contributed by atoms with Crippen LogP contribution in [0.15, 0.2) is 129 Å². The van der Waals surface area contributed by atoms with Gasteiger partial charge in [0.2, 0.25) is 11.5 Å². The molecule has 0 bridgehead atoms.